The standard InChI is InChI=1S/C42H54N8O4S/c1-26(29-11-13-30(14-12-29)39-28(3)44-25-55-39)45-27(2)36-22-32(52)24-50(36)41(54)34(42(4,5)6)21-31(51)15-16-48-17-19-49(20-18-48)37-23-35(46-47-40(37)43)33-9-7-8-10-38(33)53/h7-14,23,25-26,32,34,36,45,52-53H,2,15-22,24H2,1,3-6H3,(H2,43,47)/t26-,32+,34+,36-/m0/s1. The second kappa shape index (κ2) is 16.9. The molecule has 13 heteroatoms. The Morgan fingerprint density at radius 3 is 2.44 bits per heavy atom. The third kappa shape index (κ3) is 9.34. The number of aromatic nitrogens is 3. The third-order valence-electron chi connectivity index (χ3n) is 11.0. The van der Waals surface area contributed by atoms with Gasteiger partial charge in [0.05, 0.1) is 39.6 Å². The number of aliphatic hydroxyl groups is 1. The zero-order valence-corrected chi connectivity index (χ0v) is 33.4. The Morgan fingerprint density at radius 1 is 1.07 bits per heavy atom. The number of hydrogen-bond donors (Lipinski definition) is 4. The summed E-state index contributed by atoms with van der Waals surface area (Å²) in [6.07, 6.45) is 0.199. The lowest BCUT2D eigenvalue weighted by Gasteiger charge is -2.37. The number of β-amino-alcohol motifs (C(OH)–C–C–N with tert-alkyl or cyclic N) is 1. The summed E-state index contributed by atoms with van der Waals surface area (Å²) in [6, 6.07) is 16.8. The summed E-state index contributed by atoms with van der Waals surface area (Å²) in [5, 5.41) is 33.0. The van der Waals surface area contributed by atoms with Crippen molar-refractivity contribution in [1.29, 1.82) is 0 Å². The van der Waals surface area contributed by atoms with Gasteiger partial charge in [0.25, 0.3) is 0 Å². The zero-order chi connectivity index (χ0) is 39.4. The van der Waals surface area contributed by atoms with E-state index in [0.29, 0.717) is 55.2 Å². The van der Waals surface area contributed by atoms with Crippen LogP contribution in [-0.4, -0.2) is 98.3 Å². The van der Waals surface area contributed by atoms with Crippen LogP contribution in [0.5, 0.6) is 5.75 Å². The Morgan fingerprint density at radius 2 is 1.78 bits per heavy atom. The summed E-state index contributed by atoms with van der Waals surface area (Å²) in [6.45, 7) is 18.1. The number of nitrogens with zero attached hydrogens (tertiary/aromatic N) is 6. The molecular weight excluding hydrogens is 713 g/mol. The van der Waals surface area contributed by atoms with Gasteiger partial charge in [0.1, 0.15) is 11.5 Å². The first-order valence-corrected chi connectivity index (χ1v) is 19.9. The number of phenolic OH excluding ortho intramolecular Hbond substituents is 1. The number of Topliss-reactive ketones (excluding diaryl/α,β-unsaturated/α-hetero) is 1. The number of thiazole rings is 1. The molecule has 4 heterocycles. The SMILES string of the molecule is C=C(N[C@@H](C)c1ccc(-c2scnc2C)cc1)[C@@H]1C[C@@H](O)CN1C(=O)[C@@H](CC(=O)CCN1CCN(c2cc(-c3ccccc3O)nnc2N)CC1)C(C)(C)C. The number of aromatic hydroxyl groups is 1. The van der Waals surface area contributed by atoms with Gasteiger partial charge in [-0.2, -0.15) is 0 Å². The summed E-state index contributed by atoms with van der Waals surface area (Å²) >= 11 is 1.62. The molecular formula is C42H54N8O4S. The monoisotopic (exact) mass is 766 g/mol. The van der Waals surface area contributed by atoms with Crippen molar-refractivity contribution in [3.8, 4) is 27.4 Å². The van der Waals surface area contributed by atoms with Crippen LogP contribution in [0.1, 0.15) is 64.3 Å². The first-order chi connectivity index (χ1) is 26.2. The van der Waals surface area contributed by atoms with E-state index in [1.165, 1.54) is 0 Å². The Labute approximate surface area is 328 Å². The van der Waals surface area contributed by atoms with Crippen LogP contribution < -0.4 is 16.0 Å². The van der Waals surface area contributed by atoms with E-state index in [4.69, 9.17) is 5.73 Å². The number of phenols is 1. The van der Waals surface area contributed by atoms with Gasteiger partial charge in [0.2, 0.25) is 5.91 Å². The maximum absolute atomic E-state index is 14.3. The highest BCUT2D eigenvalue weighted by molar-refractivity contribution is 7.13. The van der Waals surface area contributed by atoms with Gasteiger partial charge in [-0.15, -0.1) is 21.5 Å². The van der Waals surface area contributed by atoms with E-state index in [1.54, 1.807) is 34.4 Å². The first kappa shape index (κ1) is 39.8. The minimum Gasteiger partial charge on any atom is -0.507 e. The largest absolute Gasteiger partial charge is 0.507 e. The van der Waals surface area contributed by atoms with Crippen molar-refractivity contribution >= 4 is 34.5 Å². The highest BCUT2D eigenvalue weighted by Crippen LogP contribution is 2.36. The molecule has 2 aliphatic heterocycles. The molecule has 6 rings (SSSR count). The normalized spacial score (nSPS) is 18.9. The van der Waals surface area contributed by atoms with Gasteiger partial charge < -0.3 is 31.1 Å². The molecule has 2 saturated heterocycles. The lowest BCUT2D eigenvalue weighted by molar-refractivity contribution is -0.142. The smallest absolute Gasteiger partial charge is 0.227 e. The van der Waals surface area contributed by atoms with Gasteiger partial charge in [-0.1, -0.05) is 63.7 Å². The molecule has 0 spiro atoms. The number of hydrogen-bond acceptors (Lipinski definition) is 12. The molecule has 0 aliphatic carbocycles. The van der Waals surface area contributed by atoms with Crippen molar-refractivity contribution in [2.75, 3.05) is 49.9 Å². The summed E-state index contributed by atoms with van der Waals surface area (Å²) in [5.41, 5.74) is 13.4. The van der Waals surface area contributed by atoms with Crippen LogP contribution in [0.15, 0.2) is 72.4 Å². The molecule has 4 atom stereocenters. The van der Waals surface area contributed by atoms with Crippen molar-refractivity contribution in [2.45, 2.75) is 72.1 Å². The van der Waals surface area contributed by atoms with Crippen molar-refractivity contribution in [3.63, 3.8) is 0 Å². The summed E-state index contributed by atoms with van der Waals surface area (Å²) in [5.74, 6) is -0.163. The minimum absolute atomic E-state index is 0.0458. The second-order valence-electron chi connectivity index (χ2n) is 15.9. The zero-order valence-electron chi connectivity index (χ0n) is 32.5. The molecule has 5 N–H and O–H groups in total. The number of amides is 1. The second-order valence-corrected chi connectivity index (χ2v) is 16.8. The lowest BCUT2D eigenvalue weighted by Crippen LogP contribution is -2.48. The average molecular weight is 767 g/mol. The van der Waals surface area contributed by atoms with Crippen molar-refractivity contribution in [1.82, 2.24) is 30.3 Å². The van der Waals surface area contributed by atoms with Crippen molar-refractivity contribution in [3.05, 3.63) is 83.6 Å². The number of carbonyl (C=O) groups is 2. The molecule has 0 radical (unpaired) electrons. The number of para-hydroxylation sites is 1. The van der Waals surface area contributed by atoms with E-state index in [0.717, 1.165) is 40.5 Å². The molecule has 12 nitrogen and oxygen atoms in total. The maximum atomic E-state index is 14.3. The predicted molar refractivity (Wildman–Crippen MR) is 218 cm³/mol. The lowest BCUT2D eigenvalue weighted by atomic mass is 9.76. The average Bonchev–Trinajstić information content (AvgIpc) is 3.78. The summed E-state index contributed by atoms with van der Waals surface area (Å²) < 4.78 is 0. The Hall–Kier alpha value is -4.85. The number of rotatable bonds is 13. The molecule has 4 aromatic rings. The molecule has 292 valence electrons. The number of benzene rings is 2. The van der Waals surface area contributed by atoms with Gasteiger partial charge >= 0.3 is 0 Å². The van der Waals surface area contributed by atoms with E-state index in [-0.39, 0.29) is 42.5 Å². The fraction of sp³-hybridized carbons (Fsp3) is 0.452. The van der Waals surface area contributed by atoms with E-state index in [9.17, 15) is 19.8 Å². The number of nitrogens with two attached hydrogens (primary N) is 1. The van der Waals surface area contributed by atoms with Crippen LogP contribution in [0.25, 0.3) is 21.7 Å². The number of nitrogens with one attached hydrogen (secondary N) is 1. The number of likely N-dealkylation sites (tertiary alicyclic amines) is 1. The molecule has 2 fully saturated rings. The van der Waals surface area contributed by atoms with Crippen LogP contribution in [0.3, 0.4) is 0 Å². The molecule has 2 aromatic carbocycles. The summed E-state index contributed by atoms with van der Waals surface area (Å²) in [4.78, 5) is 39.5. The van der Waals surface area contributed by atoms with Crippen molar-refractivity contribution in [2.24, 2.45) is 11.3 Å². The predicted octanol–water partition coefficient (Wildman–Crippen LogP) is 5.82. The van der Waals surface area contributed by atoms with Crippen LogP contribution in [0.2, 0.25) is 0 Å². The number of carbonyl (C=O) groups excluding carboxylic acids is 2. The highest BCUT2D eigenvalue weighted by atomic mass is 32.1. The highest BCUT2D eigenvalue weighted by Gasteiger charge is 2.43. The molecule has 55 heavy (non-hydrogen) atoms. The Bertz CT molecular complexity index is 1990. The third-order valence-corrected chi connectivity index (χ3v) is 11.9. The maximum Gasteiger partial charge on any atom is 0.227 e. The van der Waals surface area contributed by atoms with Gasteiger partial charge in [0, 0.05) is 81.8 Å². The molecule has 0 saturated carbocycles. The fourth-order valence-electron chi connectivity index (χ4n) is 7.60. The molecule has 0 unspecified atom stereocenters. The Kier molecular flexibility index (Phi) is 12.2. The van der Waals surface area contributed by atoms with Crippen molar-refractivity contribution < 1.29 is 19.8 Å². The van der Waals surface area contributed by atoms with Gasteiger partial charge in [0.15, 0.2) is 5.82 Å². The fourth-order valence-corrected chi connectivity index (χ4v) is 8.41. The van der Waals surface area contributed by atoms with Gasteiger partial charge in [-0.3, -0.25) is 14.5 Å². The first-order valence-electron chi connectivity index (χ1n) is 19.0. The van der Waals surface area contributed by atoms with Crippen LogP contribution in [-0.2, 0) is 9.59 Å². The van der Waals surface area contributed by atoms with Gasteiger partial charge in [-0.05, 0) is 48.6 Å². The number of aryl methyl sites for hydroxylation is 1. The molecule has 1 amide bonds. The minimum atomic E-state index is -0.671. The number of nitrogen functional groups attached to an aromatic ring is 1. The summed E-state index contributed by atoms with van der Waals surface area (Å²) in [7, 11) is 0. The molecule has 2 aliphatic rings. The van der Waals surface area contributed by atoms with Gasteiger partial charge in [-0.25, -0.2) is 4.98 Å². The van der Waals surface area contributed by atoms with Crippen LogP contribution in [0, 0.1) is 18.3 Å². The Balaban J connectivity index is 1.03. The number of aliphatic hydroxyl groups excluding tert-OH is 1. The number of piperazine rings is 1. The molecule has 2 aromatic heterocycles. The van der Waals surface area contributed by atoms with E-state index < -0.39 is 17.4 Å². The van der Waals surface area contributed by atoms with E-state index in [2.05, 4.69) is 68.1 Å². The topological polar surface area (TPSA) is 161 Å². The quantitative estimate of drug-likeness (QED) is 0.130. The van der Waals surface area contributed by atoms with E-state index in [1.807, 2.05) is 45.3 Å². The number of anilines is 2. The van der Waals surface area contributed by atoms with Crippen LogP contribution >= 0.6 is 11.3 Å². The van der Waals surface area contributed by atoms with Crippen LogP contribution in [0.4, 0.5) is 11.5 Å². The van der Waals surface area contributed by atoms with E-state index >= 15 is 0 Å². The number of ketones is 1. The molecule has 0 bridgehead atoms.